The van der Waals surface area contributed by atoms with Crippen LogP contribution in [0.5, 0.6) is 0 Å². The second-order valence-corrected chi connectivity index (χ2v) is 6.21. The number of carbonyl (C=O) groups excluding carboxylic acids is 1. The second-order valence-electron chi connectivity index (χ2n) is 6.21. The SMILES string of the molecule is CO[C@@H]1CN(C(=O)c2ccnc(N(C)C)c2)C[C@H]1c1cn(C)nn1. The van der Waals surface area contributed by atoms with Crippen LogP contribution in [0.4, 0.5) is 5.82 Å². The highest BCUT2D eigenvalue weighted by Crippen LogP contribution is 2.29. The number of carbonyl (C=O) groups is 1. The number of amides is 1. The topological polar surface area (TPSA) is 76.4 Å². The number of rotatable bonds is 4. The van der Waals surface area contributed by atoms with Crippen LogP contribution in [-0.4, -0.2) is 71.2 Å². The number of ether oxygens (including phenoxy) is 1. The molecule has 0 N–H and O–H groups in total. The van der Waals surface area contributed by atoms with Crippen molar-refractivity contribution in [1.82, 2.24) is 24.9 Å². The Morgan fingerprint density at radius 1 is 1.38 bits per heavy atom. The summed E-state index contributed by atoms with van der Waals surface area (Å²) in [6.45, 7) is 1.10. The lowest BCUT2D eigenvalue weighted by Gasteiger charge is -2.17. The molecule has 2 atom stereocenters. The van der Waals surface area contributed by atoms with Crippen LogP contribution in [0, 0.1) is 0 Å². The van der Waals surface area contributed by atoms with Crippen LogP contribution in [0.1, 0.15) is 22.0 Å². The third-order valence-electron chi connectivity index (χ3n) is 4.31. The van der Waals surface area contributed by atoms with Gasteiger partial charge in [-0.05, 0) is 12.1 Å². The molecule has 24 heavy (non-hydrogen) atoms. The lowest BCUT2D eigenvalue weighted by Crippen LogP contribution is -2.30. The first-order chi connectivity index (χ1) is 11.5. The molecular formula is C16H22N6O2. The molecule has 0 radical (unpaired) electrons. The Kier molecular flexibility index (Phi) is 4.48. The van der Waals surface area contributed by atoms with Gasteiger partial charge in [-0.1, -0.05) is 5.21 Å². The Bertz CT molecular complexity index is 729. The van der Waals surface area contributed by atoms with E-state index in [9.17, 15) is 4.79 Å². The lowest BCUT2D eigenvalue weighted by molar-refractivity contribution is 0.0714. The number of methoxy groups -OCH3 is 1. The standard InChI is InChI=1S/C16H22N6O2/c1-20(2)15-7-11(5-6-17-15)16(23)22-8-12(14(10-22)24-4)13-9-21(3)19-18-13/h5-7,9,12,14H,8,10H2,1-4H3/t12-,14+/m0/s1. The van der Waals surface area contributed by atoms with Gasteiger partial charge in [-0.15, -0.1) is 5.10 Å². The molecule has 3 heterocycles. The summed E-state index contributed by atoms with van der Waals surface area (Å²) in [4.78, 5) is 20.8. The summed E-state index contributed by atoms with van der Waals surface area (Å²) < 4.78 is 7.24. The molecular weight excluding hydrogens is 308 g/mol. The molecule has 8 nitrogen and oxygen atoms in total. The Morgan fingerprint density at radius 3 is 2.79 bits per heavy atom. The molecule has 0 saturated carbocycles. The zero-order valence-corrected chi connectivity index (χ0v) is 14.4. The summed E-state index contributed by atoms with van der Waals surface area (Å²) in [5, 5.41) is 8.16. The minimum atomic E-state index is -0.0826. The molecule has 1 amide bonds. The number of pyridine rings is 1. The number of nitrogens with zero attached hydrogens (tertiary/aromatic N) is 6. The van der Waals surface area contributed by atoms with Gasteiger partial charge >= 0.3 is 0 Å². The van der Waals surface area contributed by atoms with Gasteiger partial charge in [0, 0.05) is 59.3 Å². The van der Waals surface area contributed by atoms with Crippen molar-refractivity contribution in [3.63, 3.8) is 0 Å². The van der Waals surface area contributed by atoms with E-state index in [2.05, 4.69) is 15.3 Å². The molecule has 3 rings (SSSR count). The Balaban J connectivity index is 1.80. The van der Waals surface area contributed by atoms with Gasteiger partial charge < -0.3 is 14.5 Å². The number of aromatic nitrogens is 4. The summed E-state index contributed by atoms with van der Waals surface area (Å²) in [5.41, 5.74) is 1.48. The van der Waals surface area contributed by atoms with E-state index in [0.717, 1.165) is 11.5 Å². The monoisotopic (exact) mass is 330 g/mol. The van der Waals surface area contributed by atoms with Crippen LogP contribution in [0.15, 0.2) is 24.5 Å². The van der Waals surface area contributed by atoms with Crippen molar-refractivity contribution >= 4 is 11.7 Å². The van der Waals surface area contributed by atoms with Crippen molar-refractivity contribution in [3.05, 3.63) is 35.8 Å². The molecule has 1 aliphatic rings. The minimum absolute atomic E-state index is 0.0195. The summed E-state index contributed by atoms with van der Waals surface area (Å²) in [7, 11) is 7.30. The van der Waals surface area contributed by atoms with E-state index in [-0.39, 0.29) is 17.9 Å². The van der Waals surface area contributed by atoms with Gasteiger partial charge in [-0.2, -0.15) is 0 Å². The van der Waals surface area contributed by atoms with Crippen LogP contribution in [0.2, 0.25) is 0 Å². The van der Waals surface area contributed by atoms with E-state index in [1.807, 2.05) is 37.1 Å². The maximum Gasteiger partial charge on any atom is 0.254 e. The van der Waals surface area contributed by atoms with Crippen molar-refractivity contribution < 1.29 is 9.53 Å². The Morgan fingerprint density at radius 2 is 2.17 bits per heavy atom. The van der Waals surface area contributed by atoms with Crippen molar-refractivity contribution in [1.29, 1.82) is 0 Å². The van der Waals surface area contributed by atoms with E-state index in [4.69, 9.17) is 4.74 Å². The van der Waals surface area contributed by atoms with Gasteiger partial charge in [-0.25, -0.2) is 4.98 Å². The van der Waals surface area contributed by atoms with Crippen LogP contribution in [0.3, 0.4) is 0 Å². The number of anilines is 1. The number of hydrogen-bond donors (Lipinski definition) is 0. The van der Waals surface area contributed by atoms with Crippen LogP contribution < -0.4 is 4.90 Å². The molecule has 2 aromatic rings. The molecule has 0 aromatic carbocycles. The summed E-state index contributed by atoms with van der Waals surface area (Å²) in [6.07, 6.45) is 3.45. The van der Waals surface area contributed by atoms with Gasteiger partial charge in [0.1, 0.15) is 5.82 Å². The van der Waals surface area contributed by atoms with Gasteiger partial charge in [0.25, 0.3) is 5.91 Å². The zero-order valence-electron chi connectivity index (χ0n) is 14.4. The summed E-state index contributed by atoms with van der Waals surface area (Å²) >= 11 is 0. The first-order valence-corrected chi connectivity index (χ1v) is 7.81. The Labute approximate surface area is 141 Å². The fourth-order valence-corrected chi connectivity index (χ4v) is 2.98. The average Bonchev–Trinajstić information content (AvgIpc) is 3.20. The molecule has 8 heteroatoms. The second kappa shape index (κ2) is 6.56. The predicted molar refractivity (Wildman–Crippen MR) is 89.0 cm³/mol. The molecule has 1 saturated heterocycles. The third kappa shape index (κ3) is 3.09. The molecule has 2 aromatic heterocycles. The van der Waals surface area contributed by atoms with Gasteiger partial charge in [0.05, 0.1) is 17.7 Å². The molecule has 1 aliphatic heterocycles. The van der Waals surface area contributed by atoms with E-state index in [1.54, 1.807) is 30.1 Å². The fourth-order valence-electron chi connectivity index (χ4n) is 2.98. The van der Waals surface area contributed by atoms with Crippen LogP contribution in [-0.2, 0) is 11.8 Å². The van der Waals surface area contributed by atoms with Crippen molar-refractivity contribution in [2.45, 2.75) is 12.0 Å². The molecule has 0 unspecified atom stereocenters. The van der Waals surface area contributed by atoms with Crippen LogP contribution in [0.25, 0.3) is 0 Å². The lowest BCUT2D eigenvalue weighted by atomic mass is 10.0. The van der Waals surface area contributed by atoms with Crippen LogP contribution >= 0.6 is 0 Å². The maximum absolute atomic E-state index is 12.8. The number of aryl methyl sites for hydroxylation is 1. The van der Waals surface area contributed by atoms with Gasteiger partial charge in [-0.3, -0.25) is 9.48 Å². The van der Waals surface area contributed by atoms with Crippen molar-refractivity contribution in [2.75, 3.05) is 39.2 Å². The van der Waals surface area contributed by atoms with E-state index in [1.165, 1.54) is 0 Å². The quantitative estimate of drug-likeness (QED) is 0.814. The zero-order chi connectivity index (χ0) is 17.3. The predicted octanol–water partition coefficient (Wildman–Crippen LogP) is 0.531. The number of likely N-dealkylation sites (tertiary alicyclic amines) is 1. The first-order valence-electron chi connectivity index (χ1n) is 7.81. The number of hydrogen-bond acceptors (Lipinski definition) is 6. The van der Waals surface area contributed by atoms with Gasteiger partial charge in [0.15, 0.2) is 0 Å². The third-order valence-corrected chi connectivity index (χ3v) is 4.31. The smallest absolute Gasteiger partial charge is 0.254 e. The molecule has 1 fully saturated rings. The minimum Gasteiger partial charge on any atom is -0.379 e. The largest absolute Gasteiger partial charge is 0.379 e. The normalized spacial score (nSPS) is 20.4. The van der Waals surface area contributed by atoms with E-state index in [0.29, 0.717) is 18.7 Å². The van der Waals surface area contributed by atoms with Crippen molar-refractivity contribution in [2.24, 2.45) is 7.05 Å². The highest BCUT2D eigenvalue weighted by molar-refractivity contribution is 5.95. The molecule has 0 aliphatic carbocycles. The molecule has 0 spiro atoms. The molecule has 128 valence electrons. The Hall–Kier alpha value is -2.48. The summed E-state index contributed by atoms with van der Waals surface area (Å²) in [6, 6.07) is 3.55. The maximum atomic E-state index is 12.8. The fraction of sp³-hybridized carbons (Fsp3) is 0.500. The first kappa shape index (κ1) is 16.4. The van der Waals surface area contributed by atoms with E-state index >= 15 is 0 Å². The van der Waals surface area contributed by atoms with Crippen molar-refractivity contribution in [3.8, 4) is 0 Å². The molecule has 0 bridgehead atoms. The van der Waals surface area contributed by atoms with E-state index < -0.39 is 0 Å². The van der Waals surface area contributed by atoms with Gasteiger partial charge in [0.2, 0.25) is 0 Å². The summed E-state index contributed by atoms with van der Waals surface area (Å²) in [5.74, 6) is 0.769. The highest BCUT2D eigenvalue weighted by Gasteiger charge is 2.38. The average molecular weight is 330 g/mol. The highest BCUT2D eigenvalue weighted by atomic mass is 16.5.